The third kappa shape index (κ3) is 6.72. The SMILES string of the molecule is CCC(CC)COC(=O)CS(=O)O. The van der Waals surface area contributed by atoms with E-state index in [0.29, 0.717) is 12.5 Å². The molecule has 0 saturated carbocycles. The lowest BCUT2D eigenvalue weighted by molar-refractivity contribution is -0.141. The third-order valence-electron chi connectivity index (χ3n) is 1.88. The maximum atomic E-state index is 10.8. The van der Waals surface area contributed by atoms with Gasteiger partial charge < -0.3 is 9.29 Å². The molecule has 0 rings (SSSR count). The predicted molar refractivity (Wildman–Crippen MR) is 50.7 cm³/mol. The average molecular weight is 208 g/mol. The van der Waals surface area contributed by atoms with Gasteiger partial charge in [-0.3, -0.25) is 4.79 Å². The van der Waals surface area contributed by atoms with Crippen LogP contribution in [-0.2, 0) is 20.6 Å². The van der Waals surface area contributed by atoms with Crippen molar-refractivity contribution in [3.05, 3.63) is 0 Å². The Morgan fingerprint density at radius 3 is 2.38 bits per heavy atom. The van der Waals surface area contributed by atoms with Gasteiger partial charge in [-0.05, 0) is 5.92 Å². The molecule has 4 nitrogen and oxygen atoms in total. The Hall–Kier alpha value is -0.420. The first kappa shape index (κ1) is 12.6. The average Bonchev–Trinajstić information content (AvgIpc) is 2.05. The maximum absolute atomic E-state index is 10.8. The van der Waals surface area contributed by atoms with Crippen molar-refractivity contribution in [2.45, 2.75) is 26.7 Å². The summed E-state index contributed by atoms with van der Waals surface area (Å²) in [5.74, 6) is -0.677. The van der Waals surface area contributed by atoms with Gasteiger partial charge in [0.15, 0.2) is 11.1 Å². The number of hydrogen-bond donors (Lipinski definition) is 1. The van der Waals surface area contributed by atoms with E-state index < -0.39 is 22.8 Å². The standard InChI is InChI=1S/C8H16O4S/c1-3-7(4-2)5-12-8(9)6-13(10)11/h7H,3-6H2,1-2H3,(H,10,11). The Morgan fingerprint density at radius 2 is 2.00 bits per heavy atom. The molecule has 13 heavy (non-hydrogen) atoms. The molecule has 0 aromatic heterocycles. The van der Waals surface area contributed by atoms with Gasteiger partial charge >= 0.3 is 5.97 Å². The second-order valence-electron chi connectivity index (χ2n) is 2.83. The van der Waals surface area contributed by atoms with E-state index in [1.807, 2.05) is 13.8 Å². The van der Waals surface area contributed by atoms with Crippen molar-refractivity contribution in [1.29, 1.82) is 0 Å². The molecule has 78 valence electrons. The molecule has 0 aliphatic heterocycles. The molecule has 0 spiro atoms. The summed E-state index contributed by atoms with van der Waals surface area (Å²) in [5.41, 5.74) is 0. The minimum atomic E-state index is -2.09. The van der Waals surface area contributed by atoms with Crippen molar-refractivity contribution in [2.24, 2.45) is 5.92 Å². The molecule has 0 radical (unpaired) electrons. The van der Waals surface area contributed by atoms with Crippen LogP contribution in [0.15, 0.2) is 0 Å². The second kappa shape index (κ2) is 7.03. The molecule has 0 aliphatic rings. The Morgan fingerprint density at radius 1 is 1.46 bits per heavy atom. The van der Waals surface area contributed by atoms with Gasteiger partial charge in [-0.25, -0.2) is 4.21 Å². The van der Waals surface area contributed by atoms with Gasteiger partial charge in [0.25, 0.3) is 0 Å². The highest BCUT2D eigenvalue weighted by Crippen LogP contribution is 2.07. The molecule has 0 aromatic carbocycles. The highest BCUT2D eigenvalue weighted by molar-refractivity contribution is 7.80. The monoisotopic (exact) mass is 208 g/mol. The molecule has 1 N–H and O–H groups in total. The van der Waals surface area contributed by atoms with Gasteiger partial charge in [0.05, 0.1) is 6.61 Å². The van der Waals surface area contributed by atoms with Crippen LogP contribution >= 0.6 is 0 Å². The van der Waals surface area contributed by atoms with Gasteiger partial charge in [0.1, 0.15) is 5.75 Å². The predicted octanol–water partition coefficient (Wildman–Crippen LogP) is 1.19. The number of carbonyl (C=O) groups is 1. The molecule has 0 amide bonds. The molecule has 0 aliphatic carbocycles. The molecule has 5 heteroatoms. The summed E-state index contributed by atoms with van der Waals surface area (Å²) in [6, 6.07) is 0. The van der Waals surface area contributed by atoms with Gasteiger partial charge in [0.2, 0.25) is 0 Å². The molecule has 0 aromatic rings. The first-order valence-electron chi connectivity index (χ1n) is 4.33. The van der Waals surface area contributed by atoms with Gasteiger partial charge in [0, 0.05) is 0 Å². The van der Waals surface area contributed by atoms with Crippen LogP contribution in [0, 0.1) is 5.92 Å². The van der Waals surface area contributed by atoms with E-state index in [9.17, 15) is 9.00 Å². The third-order valence-corrected chi connectivity index (χ3v) is 2.36. The van der Waals surface area contributed by atoms with E-state index >= 15 is 0 Å². The Balaban J connectivity index is 3.62. The summed E-state index contributed by atoms with van der Waals surface area (Å²) >= 11 is -2.09. The fourth-order valence-electron chi connectivity index (χ4n) is 0.878. The number of carbonyl (C=O) groups excluding carboxylic acids is 1. The Kier molecular flexibility index (Phi) is 6.80. The molecular weight excluding hydrogens is 192 g/mol. The lowest BCUT2D eigenvalue weighted by atomic mass is 10.1. The zero-order valence-corrected chi connectivity index (χ0v) is 8.80. The summed E-state index contributed by atoms with van der Waals surface area (Å²) in [4.78, 5) is 10.8. The van der Waals surface area contributed by atoms with Crippen LogP contribution in [0.4, 0.5) is 0 Å². The first-order chi connectivity index (χ1) is 6.10. The topological polar surface area (TPSA) is 63.6 Å². The van der Waals surface area contributed by atoms with E-state index in [-0.39, 0.29) is 0 Å². The largest absolute Gasteiger partial charge is 0.465 e. The van der Waals surface area contributed by atoms with Crippen molar-refractivity contribution < 1.29 is 18.3 Å². The van der Waals surface area contributed by atoms with E-state index in [0.717, 1.165) is 12.8 Å². The van der Waals surface area contributed by atoms with Gasteiger partial charge in [-0.1, -0.05) is 26.7 Å². The zero-order chi connectivity index (χ0) is 10.3. The second-order valence-corrected chi connectivity index (χ2v) is 3.76. The van der Waals surface area contributed by atoms with Crippen molar-refractivity contribution >= 4 is 17.0 Å². The summed E-state index contributed by atoms with van der Waals surface area (Å²) in [7, 11) is 0. The molecular formula is C8H16O4S. The van der Waals surface area contributed by atoms with Crippen LogP contribution in [0.1, 0.15) is 26.7 Å². The quantitative estimate of drug-likeness (QED) is 0.526. The molecule has 1 atom stereocenters. The first-order valence-corrected chi connectivity index (χ1v) is 5.60. The molecule has 1 unspecified atom stereocenters. The number of rotatable bonds is 6. The molecule has 0 saturated heterocycles. The van der Waals surface area contributed by atoms with E-state index in [1.165, 1.54) is 0 Å². The number of hydrogen-bond acceptors (Lipinski definition) is 3. The number of ether oxygens (including phenoxy) is 1. The Labute approximate surface area is 80.9 Å². The van der Waals surface area contributed by atoms with Crippen LogP contribution in [0.25, 0.3) is 0 Å². The van der Waals surface area contributed by atoms with Crippen LogP contribution in [-0.4, -0.2) is 27.1 Å². The highest BCUT2D eigenvalue weighted by Gasteiger charge is 2.10. The van der Waals surface area contributed by atoms with E-state index in [4.69, 9.17) is 9.29 Å². The van der Waals surface area contributed by atoms with Crippen molar-refractivity contribution in [1.82, 2.24) is 0 Å². The fraction of sp³-hybridized carbons (Fsp3) is 0.875. The summed E-state index contributed by atoms with van der Waals surface area (Å²) in [5, 5.41) is 0. The van der Waals surface area contributed by atoms with E-state index in [2.05, 4.69) is 0 Å². The molecule has 0 fully saturated rings. The minimum Gasteiger partial charge on any atom is -0.465 e. The van der Waals surface area contributed by atoms with Crippen LogP contribution in [0.3, 0.4) is 0 Å². The normalized spacial score (nSPS) is 12.9. The van der Waals surface area contributed by atoms with Crippen LogP contribution in [0.2, 0.25) is 0 Å². The lowest BCUT2D eigenvalue weighted by Crippen LogP contribution is -2.18. The lowest BCUT2D eigenvalue weighted by Gasteiger charge is -2.11. The highest BCUT2D eigenvalue weighted by atomic mass is 32.2. The van der Waals surface area contributed by atoms with Crippen LogP contribution < -0.4 is 0 Å². The maximum Gasteiger partial charge on any atom is 0.320 e. The Bertz CT molecular complexity index is 177. The van der Waals surface area contributed by atoms with Crippen molar-refractivity contribution in [2.75, 3.05) is 12.4 Å². The van der Waals surface area contributed by atoms with Crippen molar-refractivity contribution in [3.63, 3.8) is 0 Å². The minimum absolute atomic E-state index is 0.350. The molecule has 0 bridgehead atoms. The van der Waals surface area contributed by atoms with Crippen molar-refractivity contribution in [3.8, 4) is 0 Å². The molecule has 0 heterocycles. The van der Waals surface area contributed by atoms with Crippen LogP contribution in [0.5, 0.6) is 0 Å². The number of esters is 1. The summed E-state index contributed by atoms with van der Waals surface area (Å²) in [6.07, 6.45) is 1.90. The fourth-order valence-corrected chi connectivity index (χ4v) is 1.16. The summed E-state index contributed by atoms with van der Waals surface area (Å²) < 4.78 is 23.4. The van der Waals surface area contributed by atoms with Gasteiger partial charge in [-0.2, -0.15) is 0 Å². The zero-order valence-electron chi connectivity index (χ0n) is 7.99. The smallest absolute Gasteiger partial charge is 0.320 e. The summed E-state index contributed by atoms with van der Waals surface area (Å²) in [6.45, 7) is 4.39. The van der Waals surface area contributed by atoms with Gasteiger partial charge in [-0.15, -0.1) is 0 Å². The van der Waals surface area contributed by atoms with E-state index in [1.54, 1.807) is 0 Å².